The Labute approximate surface area is 111 Å². The van der Waals surface area contributed by atoms with Crippen LogP contribution in [0.15, 0.2) is 17.6 Å². The summed E-state index contributed by atoms with van der Waals surface area (Å²) in [5.41, 5.74) is 9.52. The fraction of sp³-hybridized carbons (Fsp3) is 0.462. The summed E-state index contributed by atoms with van der Waals surface area (Å²) in [7, 11) is 0. The SMILES string of the molecule is CCC(O)(CC)CNc1ccc2scnc2c1N. The molecule has 4 nitrogen and oxygen atoms in total. The molecule has 5 heteroatoms. The predicted octanol–water partition coefficient (Wildman–Crippen LogP) is 2.84. The largest absolute Gasteiger partial charge is 0.395 e. The van der Waals surface area contributed by atoms with Gasteiger partial charge in [-0.15, -0.1) is 11.3 Å². The number of nitrogens with one attached hydrogen (secondary N) is 1. The van der Waals surface area contributed by atoms with E-state index in [2.05, 4.69) is 10.3 Å². The molecular formula is C13H19N3OS. The van der Waals surface area contributed by atoms with E-state index in [0.717, 1.165) is 28.7 Å². The van der Waals surface area contributed by atoms with E-state index in [1.165, 1.54) is 0 Å². The van der Waals surface area contributed by atoms with Gasteiger partial charge in [0.15, 0.2) is 0 Å². The number of hydrogen-bond donors (Lipinski definition) is 3. The molecule has 0 spiro atoms. The van der Waals surface area contributed by atoms with Crippen LogP contribution < -0.4 is 11.1 Å². The van der Waals surface area contributed by atoms with Crippen molar-refractivity contribution in [3.8, 4) is 0 Å². The summed E-state index contributed by atoms with van der Waals surface area (Å²) < 4.78 is 1.08. The van der Waals surface area contributed by atoms with Crippen LogP contribution in [0.1, 0.15) is 26.7 Å². The molecule has 2 rings (SSSR count). The van der Waals surface area contributed by atoms with E-state index < -0.39 is 5.60 Å². The van der Waals surface area contributed by atoms with Crippen molar-refractivity contribution in [3.05, 3.63) is 17.6 Å². The van der Waals surface area contributed by atoms with Crippen molar-refractivity contribution in [1.82, 2.24) is 4.98 Å². The molecule has 0 aliphatic carbocycles. The monoisotopic (exact) mass is 265 g/mol. The first kappa shape index (κ1) is 13.1. The second kappa shape index (κ2) is 5.12. The molecule has 1 aromatic carbocycles. The molecule has 0 amide bonds. The van der Waals surface area contributed by atoms with Gasteiger partial charge >= 0.3 is 0 Å². The Balaban J connectivity index is 2.19. The number of rotatable bonds is 5. The number of aliphatic hydroxyl groups is 1. The Hall–Kier alpha value is -1.33. The molecule has 1 aromatic heterocycles. The van der Waals surface area contributed by atoms with Crippen LogP contribution in [0.3, 0.4) is 0 Å². The Morgan fingerprint density at radius 3 is 2.78 bits per heavy atom. The van der Waals surface area contributed by atoms with E-state index in [1.54, 1.807) is 16.8 Å². The standard InChI is InChI=1S/C13H19N3OS/c1-3-13(17,4-2)7-15-9-5-6-10-12(11(9)14)16-8-18-10/h5-6,8,15,17H,3-4,7,14H2,1-2H3. The third-order valence-electron chi connectivity index (χ3n) is 3.47. The number of benzene rings is 1. The van der Waals surface area contributed by atoms with Crippen LogP contribution in [0.4, 0.5) is 11.4 Å². The van der Waals surface area contributed by atoms with Crippen LogP contribution in [0.5, 0.6) is 0 Å². The average molecular weight is 265 g/mol. The average Bonchev–Trinajstić information content (AvgIpc) is 2.87. The van der Waals surface area contributed by atoms with Gasteiger partial charge in [0, 0.05) is 6.54 Å². The maximum Gasteiger partial charge on any atom is 0.106 e. The predicted molar refractivity (Wildman–Crippen MR) is 78.1 cm³/mol. The lowest BCUT2D eigenvalue weighted by Gasteiger charge is -2.26. The van der Waals surface area contributed by atoms with Gasteiger partial charge in [-0.3, -0.25) is 0 Å². The lowest BCUT2D eigenvalue weighted by atomic mass is 9.97. The highest BCUT2D eigenvalue weighted by Gasteiger charge is 2.22. The molecule has 0 saturated carbocycles. The molecule has 0 radical (unpaired) electrons. The maximum atomic E-state index is 10.2. The van der Waals surface area contributed by atoms with Crippen molar-refractivity contribution in [1.29, 1.82) is 0 Å². The van der Waals surface area contributed by atoms with Crippen molar-refractivity contribution < 1.29 is 5.11 Å². The summed E-state index contributed by atoms with van der Waals surface area (Å²) >= 11 is 1.57. The van der Waals surface area contributed by atoms with Gasteiger partial charge in [-0.1, -0.05) is 13.8 Å². The second-order valence-corrected chi connectivity index (χ2v) is 5.40. The first-order valence-corrected chi connectivity index (χ1v) is 7.05. The number of nitrogen functional groups attached to an aromatic ring is 1. The molecule has 0 fully saturated rings. The van der Waals surface area contributed by atoms with Crippen LogP contribution in [-0.2, 0) is 0 Å². The zero-order valence-corrected chi connectivity index (χ0v) is 11.5. The summed E-state index contributed by atoms with van der Waals surface area (Å²) in [6.45, 7) is 4.47. The fourth-order valence-electron chi connectivity index (χ4n) is 1.87. The molecular weight excluding hydrogens is 246 g/mol. The Morgan fingerprint density at radius 1 is 1.39 bits per heavy atom. The number of nitrogens with zero attached hydrogens (tertiary/aromatic N) is 1. The lowest BCUT2D eigenvalue weighted by molar-refractivity contribution is 0.0457. The highest BCUT2D eigenvalue weighted by atomic mass is 32.1. The van der Waals surface area contributed by atoms with Crippen molar-refractivity contribution in [2.45, 2.75) is 32.3 Å². The van der Waals surface area contributed by atoms with E-state index in [1.807, 2.05) is 26.0 Å². The molecule has 0 atom stereocenters. The molecule has 18 heavy (non-hydrogen) atoms. The normalized spacial score (nSPS) is 11.9. The Kier molecular flexibility index (Phi) is 3.73. The molecule has 2 aromatic rings. The second-order valence-electron chi connectivity index (χ2n) is 4.51. The molecule has 0 aliphatic heterocycles. The summed E-state index contributed by atoms with van der Waals surface area (Å²) in [6, 6.07) is 3.95. The van der Waals surface area contributed by atoms with E-state index in [4.69, 9.17) is 5.73 Å². The topological polar surface area (TPSA) is 71.2 Å². The van der Waals surface area contributed by atoms with Crippen LogP contribution in [-0.4, -0.2) is 22.2 Å². The van der Waals surface area contributed by atoms with Crippen LogP contribution in [0.25, 0.3) is 10.2 Å². The minimum absolute atomic E-state index is 0.500. The van der Waals surface area contributed by atoms with Gasteiger partial charge in [0.1, 0.15) is 5.52 Å². The van der Waals surface area contributed by atoms with Gasteiger partial charge in [0.05, 0.1) is 27.2 Å². The molecule has 0 saturated heterocycles. The fourth-order valence-corrected chi connectivity index (χ4v) is 2.56. The smallest absolute Gasteiger partial charge is 0.106 e. The minimum atomic E-state index is -0.677. The third kappa shape index (κ3) is 2.42. The van der Waals surface area contributed by atoms with Crippen molar-refractivity contribution in [2.75, 3.05) is 17.6 Å². The van der Waals surface area contributed by atoms with E-state index in [9.17, 15) is 5.11 Å². The summed E-state index contributed by atoms with van der Waals surface area (Å²) in [5.74, 6) is 0. The van der Waals surface area contributed by atoms with Crippen molar-refractivity contribution in [2.24, 2.45) is 0 Å². The zero-order chi connectivity index (χ0) is 13.2. The van der Waals surface area contributed by atoms with Crippen LogP contribution in [0, 0.1) is 0 Å². The quantitative estimate of drug-likeness (QED) is 0.727. The van der Waals surface area contributed by atoms with Gasteiger partial charge in [-0.25, -0.2) is 4.98 Å². The number of fused-ring (bicyclic) bond motifs is 1. The molecule has 98 valence electrons. The minimum Gasteiger partial charge on any atom is -0.395 e. The molecule has 0 unspecified atom stereocenters. The van der Waals surface area contributed by atoms with Gasteiger partial charge in [0.25, 0.3) is 0 Å². The highest BCUT2D eigenvalue weighted by Crippen LogP contribution is 2.30. The Morgan fingerprint density at radius 2 is 2.11 bits per heavy atom. The first-order valence-electron chi connectivity index (χ1n) is 6.17. The van der Waals surface area contributed by atoms with Gasteiger partial charge < -0.3 is 16.2 Å². The van der Waals surface area contributed by atoms with E-state index >= 15 is 0 Å². The first-order chi connectivity index (χ1) is 8.59. The number of anilines is 2. The number of aromatic nitrogens is 1. The van der Waals surface area contributed by atoms with Gasteiger partial charge in [-0.2, -0.15) is 0 Å². The lowest BCUT2D eigenvalue weighted by Crippen LogP contribution is -2.35. The molecule has 4 N–H and O–H groups in total. The van der Waals surface area contributed by atoms with Gasteiger partial charge in [-0.05, 0) is 25.0 Å². The summed E-state index contributed by atoms with van der Waals surface area (Å²) in [6.07, 6.45) is 1.44. The highest BCUT2D eigenvalue weighted by molar-refractivity contribution is 7.16. The summed E-state index contributed by atoms with van der Waals surface area (Å²) in [4.78, 5) is 4.25. The number of hydrogen-bond acceptors (Lipinski definition) is 5. The maximum absolute atomic E-state index is 10.2. The molecule has 1 heterocycles. The third-order valence-corrected chi connectivity index (χ3v) is 4.26. The van der Waals surface area contributed by atoms with Crippen LogP contribution >= 0.6 is 11.3 Å². The number of thiazole rings is 1. The molecule has 0 aliphatic rings. The number of nitrogens with two attached hydrogens (primary N) is 1. The molecule has 0 bridgehead atoms. The van der Waals surface area contributed by atoms with E-state index in [0.29, 0.717) is 12.2 Å². The van der Waals surface area contributed by atoms with Gasteiger partial charge in [0.2, 0.25) is 0 Å². The summed E-state index contributed by atoms with van der Waals surface area (Å²) in [5, 5.41) is 13.5. The van der Waals surface area contributed by atoms with E-state index in [-0.39, 0.29) is 0 Å². The van der Waals surface area contributed by atoms with Crippen molar-refractivity contribution >= 4 is 32.9 Å². The van der Waals surface area contributed by atoms with Crippen molar-refractivity contribution in [3.63, 3.8) is 0 Å². The van der Waals surface area contributed by atoms with Crippen LogP contribution in [0.2, 0.25) is 0 Å². The zero-order valence-electron chi connectivity index (χ0n) is 10.7. The Bertz CT molecular complexity index is 534.